The Balaban J connectivity index is 1.12. The minimum absolute atomic E-state index is 0.882. The Morgan fingerprint density at radius 2 is 1.10 bits per heavy atom. The summed E-state index contributed by atoms with van der Waals surface area (Å²) in [5.41, 5.74) is 7.11. The van der Waals surface area contributed by atoms with E-state index in [9.17, 15) is 0 Å². The summed E-state index contributed by atoms with van der Waals surface area (Å²) in [7, 11) is -4.10. The fourth-order valence-electron chi connectivity index (χ4n) is 11.4. The SMILES string of the molecule is Cn1c(-c2cccc([Si](c3ccccc3)(c3ccccc3)c3cccc(N4c5ccc6oc7ccccc7c6c5[Si](c5ccccc5)(c5ccccc5)c5cccnc54)c3)c2)nc2ccccc21. The largest absolute Gasteiger partial charge is 0.456 e. The summed E-state index contributed by atoms with van der Waals surface area (Å²) in [5.74, 6) is 1.89. The number of imidazole rings is 1. The molecule has 0 saturated heterocycles. The van der Waals surface area contributed by atoms with E-state index in [0.29, 0.717) is 0 Å². The Kier molecular flexibility index (Phi) is 9.35. The molecule has 0 spiro atoms. The van der Waals surface area contributed by atoms with E-state index in [1.807, 2.05) is 6.20 Å². The number of benzene rings is 9. The fourth-order valence-corrected chi connectivity index (χ4v) is 21.5. The van der Waals surface area contributed by atoms with Gasteiger partial charge in [-0.05, 0) is 90.0 Å². The Hall–Kier alpha value is -8.37. The number of aromatic nitrogens is 3. The van der Waals surface area contributed by atoms with Crippen molar-refractivity contribution in [1.29, 1.82) is 0 Å². The Labute approximate surface area is 396 Å². The highest BCUT2D eigenvalue weighted by atomic mass is 28.3. The van der Waals surface area contributed by atoms with Crippen molar-refractivity contribution < 1.29 is 4.42 Å². The van der Waals surface area contributed by atoms with Crippen molar-refractivity contribution in [3.05, 3.63) is 249 Å². The van der Waals surface area contributed by atoms with Gasteiger partial charge >= 0.3 is 0 Å². The van der Waals surface area contributed by atoms with E-state index in [-0.39, 0.29) is 0 Å². The third kappa shape index (κ3) is 5.86. The maximum Gasteiger partial charge on any atom is 0.187 e. The average molecular weight is 905 g/mol. The monoisotopic (exact) mass is 904 g/mol. The van der Waals surface area contributed by atoms with E-state index < -0.39 is 16.1 Å². The zero-order valence-electron chi connectivity index (χ0n) is 37.4. The zero-order chi connectivity index (χ0) is 45.2. The van der Waals surface area contributed by atoms with Crippen molar-refractivity contribution >= 4 is 108 Å². The molecule has 7 heteroatoms. The smallest absolute Gasteiger partial charge is 0.187 e. The molecule has 1 aliphatic rings. The molecule has 1 aliphatic heterocycles. The molecule has 0 unspecified atom stereocenters. The number of hydrogen-bond donors (Lipinski definition) is 0. The first kappa shape index (κ1) is 40.0. The van der Waals surface area contributed by atoms with Crippen LogP contribution in [0.15, 0.2) is 253 Å². The topological polar surface area (TPSA) is 47.1 Å². The first-order chi connectivity index (χ1) is 33.7. The molecule has 0 fully saturated rings. The van der Waals surface area contributed by atoms with E-state index in [1.54, 1.807) is 0 Å². The lowest BCUT2D eigenvalue weighted by atomic mass is 10.1. The van der Waals surface area contributed by atoms with Crippen LogP contribution in [0.4, 0.5) is 17.2 Å². The van der Waals surface area contributed by atoms with Crippen LogP contribution in [0.1, 0.15) is 0 Å². The van der Waals surface area contributed by atoms with Gasteiger partial charge in [0.2, 0.25) is 0 Å². The van der Waals surface area contributed by atoms with Crippen LogP contribution >= 0.6 is 0 Å². The van der Waals surface area contributed by atoms with Crippen molar-refractivity contribution in [3.8, 4) is 11.4 Å². The molecule has 0 radical (unpaired) electrons. The van der Waals surface area contributed by atoms with Gasteiger partial charge in [0.05, 0.1) is 11.0 Å². The molecule has 68 heavy (non-hydrogen) atoms. The third-order valence-corrected chi connectivity index (χ3v) is 23.9. The molecule has 0 bridgehead atoms. The van der Waals surface area contributed by atoms with Crippen LogP contribution in [0.3, 0.4) is 0 Å². The summed E-state index contributed by atoms with van der Waals surface area (Å²) < 4.78 is 9.00. The molecule has 9 aromatic carbocycles. The van der Waals surface area contributed by atoms with E-state index in [1.165, 1.54) is 41.5 Å². The van der Waals surface area contributed by atoms with E-state index in [0.717, 1.165) is 61.6 Å². The van der Waals surface area contributed by atoms with Crippen LogP contribution in [0.5, 0.6) is 0 Å². The first-order valence-corrected chi connectivity index (χ1v) is 27.2. The number of nitrogens with zero attached hydrogens (tertiary/aromatic N) is 4. The summed E-state index contributed by atoms with van der Waals surface area (Å²) in [5, 5.41) is 12.5. The van der Waals surface area contributed by atoms with Gasteiger partial charge < -0.3 is 8.98 Å². The summed E-state index contributed by atoms with van der Waals surface area (Å²) in [6.07, 6.45) is 1.96. The zero-order valence-corrected chi connectivity index (χ0v) is 39.4. The molecule has 0 atom stereocenters. The number of para-hydroxylation sites is 3. The number of furan rings is 1. The molecule has 3 aromatic heterocycles. The molecular formula is C61H44N4OSi2. The number of rotatable bonds is 8. The van der Waals surface area contributed by atoms with Gasteiger partial charge in [-0.2, -0.15) is 0 Å². The van der Waals surface area contributed by atoms with Crippen LogP contribution in [0, 0.1) is 0 Å². The summed E-state index contributed by atoms with van der Waals surface area (Å²) >= 11 is 0. The molecule has 5 nitrogen and oxygen atoms in total. The molecule has 13 rings (SSSR count). The van der Waals surface area contributed by atoms with Gasteiger partial charge in [0.25, 0.3) is 0 Å². The lowest BCUT2D eigenvalue weighted by molar-refractivity contribution is 0.669. The minimum Gasteiger partial charge on any atom is -0.456 e. The van der Waals surface area contributed by atoms with E-state index in [4.69, 9.17) is 14.4 Å². The van der Waals surface area contributed by atoms with Crippen LogP contribution in [-0.2, 0) is 7.05 Å². The molecule has 12 aromatic rings. The van der Waals surface area contributed by atoms with Crippen molar-refractivity contribution in [1.82, 2.24) is 14.5 Å². The fraction of sp³-hybridized carbons (Fsp3) is 0.0164. The second kappa shape index (κ2) is 15.9. The normalized spacial score (nSPS) is 13.2. The van der Waals surface area contributed by atoms with Gasteiger partial charge in [-0.25, -0.2) is 9.97 Å². The van der Waals surface area contributed by atoms with Gasteiger partial charge in [-0.15, -0.1) is 0 Å². The van der Waals surface area contributed by atoms with E-state index >= 15 is 0 Å². The Morgan fingerprint density at radius 1 is 0.500 bits per heavy atom. The molecular weight excluding hydrogens is 861 g/mol. The minimum atomic E-state index is -3.12. The highest BCUT2D eigenvalue weighted by Gasteiger charge is 2.51. The second-order valence-corrected chi connectivity index (χ2v) is 25.2. The lowest BCUT2D eigenvalue weighted by Gasteiger charge is -2.44. The predicted octanol–water partition coefficient (Wildman–Crippen LogP) is 9.07. The van der Waals surface area contributed by atoms with Gasteiger partial charge in [-0.1, -0.05) is 194 Å². The average Bonchev–Trinajstić information content (AvgIpc) is 3.97. The highest BCUT2D eigenvalue weighted by molar-refractivity contribution is 7.22. The van der Waals surface area contributed by atoms with Gasteiger partial charge in [0, 0.05) is 41.0 Å². The summed E-state index contributed by atoms with van der Waals surface area (Å²) in [4.78, 5) is 13.1. The molecule has 322 valence electrons. The number of hydrogen-bond acceptors (Lipinski definition) is 4. The standard InChI is InChI=1S/C61H44N4OSi2/c1-64-53-35-16-15-34-52(53)63-60(64)43-21-18-31-49(41-43)67(45-23-6-2-7-24-45,46-25-8-3-9-26-46)50-32-19-22-44(42-50)65-54-38-39-56-58(51-33-14-17-36-55(51)66-56)59(54)68(47-27-10-4-11-28-47,48-29-12-5-13-30-48)57-37-20-40-62-61(57)65/h2-42H,1H3. The molecule has 0 aliphatic carbocycles. The van der Waals surface area contributed by atoms with Crippen LogP contribution in [0.2, 0.25) is 0 Å². The van der Waals surface area contributed by atoms with E-state index in [2.05, 4.69) is 259 Å². The lowest BCUT2D eigenvalue weighted by Crippen LogP contribution is -2.77. The van der Waals surface area contributed by atoms with Crippen molar-refractivity contribution in [2.24, 2.45) is 7.05 Å². The van der Waals surface area contributed by atoms with Crippen LogP contribution in [0.25, 0.3) is 44.4 Å². The van der Waals surface area contributed by atoms with Gasteiger partial charge in [0.15, 0.2) is 16.1 Å². The quantitative estimate of drug-likeness (QED) is 0.113. The first-order valence-electron chi connectivity index (χ1n) is 23.2. The number of aryl methyl sites for hydroxylation is 1. The van der Waals surface area contributed by atoms with Crippen LogP contribution < -0.4 is 46.4 Å². The van der Waals surface area contributed by atoms with Crippen LogP contribution in [-0.4, -0.2) is 30.7 Å². The molecule has 0 N–H and O–H groups in total. The maximum atomic E-state index is 6.78. The summed E-state index contributed by atoms with van der Waals surface area (Å²) in [6, 6.07) is 89.1. The van der Waals surface area contributed by atoms with Gasteiger partial charge in [-0.3, -0.25) is 4.90 Å². The second-order valence-electron chi connectivity index (χ2n) is 17.7. The Bertz CT molecular complexity index is 3750. The Morgan fingerprint density at radius 3 is 1.81 bits per heavy atom. The van der Waals surface area contributed by atoms with Gasteiger partial charge in [0.1, 0.15) is 22.8 Å². The summed E-state index contributed by atoms with van der Waals surface area (Å²) in [6.45, 7) is 0. The van der Waals surface area contributed by atoms with Crippen molar-refractivity contribution in [2.45, 2.75) is 0 Å². The van der Waals surface area contributed by atoms with Crippen molar-refractivity contribution in [3.63, 3.8) is 0 Å². The molecule has 0 amide bonds. The van der Waals surface area contributed by atoms with Crippen molar-refractivity contribution in [2.75, 3.05) is 4.90 Å². The number of anilines is 3. The maximum absolute atomic E-state index is 6.78. The number of fused-ring (bicyclic) bond motifs is 7. The molecule has 0 saturated carbocycles. The predicted molar refractivity (Wildman–Crippen MR) is 287 cm³/mol. The third-order valence-electron chi connectivity index (χ3n) is 14.2. The number of pyridine rings is 1. The highest BCUT2D eigenvalue weighted by Crippen LogP contribution is 2.41. The molecule has 4 heterocycles.